The van der Waals surface area contributed by atoms with Crippen LogP contribution in [0, 0.1) is 19.7 Å². The standard InChI is InChI=1S/C20H20ClFN4O6S/c1-9-4-6-14(22)16(10(9)2)11(3)17(19-23-24-20(28)32-19)26-33(30,31)15-7-5-12(21)8-13(15)18(27)25-29/h4-8,11,17,26,29H,1-3H3,(H,24,28)(H,25,27)/t11-,17+/m1/s1. The molecule has 3 rings (SSSR count). The van der Waals surface area contributed by atoms with E-state index in [1.807, 2.05) is 0 Å². The molecule has 4 N–H and O–H groups in total. The number of hydrogen-bond acceptors (Lipinski definition) is 7. The van der Waals surface area contributed by atoms with E-state index >= 15 is 0 Å². The van der Waals surface area contributed by atoms with Crippen molar-refractivity contribution in [2.75, 3.05) is 0 Å². The molecule has 13 heteroatoms. The van der Waals surface area contributed by atoms with Crippen LogP contribution in [0.1, 0.15) is 51.8 Å². The zero-order chi connectivity index (χ0) is 24.5. The summed E-state index contributed by atoms with van der Waals surface area (Å²) in [6, 6.07) is 4.85. The van der Waals surface area contributed by atoms with E-state index in [0.717, 1.165) is 17.7 Å². The highest BCUT2D eigenvalue weighted by Crippen LogP contribution is 2.35. The molecule has 0 aliphatic heterocycles. The fourth-order valence-electron chi connectivity index (χ4n) is 3.48. The maximum atomic E-state index is 14.8. The Morgan fingerprint density at radius 1 is 1.27 bits per heavy atom. The minimum absolute atomic E-state index is 0.0493. The largest absolute Gasteiger partial charge is 0.434 e. The summed E-state index contributed by atoms with van der Waals surface area (Å²) in [5.41, 5.74) is 2.46. The van der Waals surface area contributed by atoms with Crippen molar-refractivity contribution in [3.05, 3.63) is 79.9 Å². The van der Waals surface area contributed by atoms with Gasteiger partial charge in [0.05, 0.1) is 10.5 Å². The number of carbonyl (C=O) groups is 1. The lowest BCUT2D eigenvalue weighted by atomic mass is 9.88. The predicted octanol–water partition coefficient (Wildman–Crippen LogP) is 2.71. The normalized spacial score (nSPS) is 13.5. The summed E-state index contributed by atoms with van der Waals surface area (Å²) in [6.45, 7) is 4.99. The molecule has 2 aromatic carbocycles. The zero-order valence-electron chi connectivity index (χ0n) is 17.6. The van der Waals surface area contributed by atoms with Gasteiger partial charge in [-0.05, 0) is 54.8 Å². The second-order valence-corrected chi connectivity index (χ2v) is 9.44. The first-order valence-electron chi connectivity index (χ1n) is 9.53. The molecule has 0 aliphatic rings. The first kappa shape index (κ1) is 24.6. The van der Waals surface area contributed by atoms with Crippen molar-refractivity contribution >= 4 is 27.5 Å². The van der Waals surface area contributed by atoms with Crippen molar-refractivity contribution in [2.45, 2.75) is 37.6 Å². The molecule has 0 radical (unpaired) electrons. The monoisotopic (exact) mass is 498 g/mol. The highest BCUT2D eigenvalue weighted by molar-refractivity contribution is 7.89. The van der Waals surface area contributed by atoms with Crippen LogP contribution >= 0.6 is 11.6 Å². The number of aromatic nitrogens is 2. The van der Waals surface area contributed by atoms with Gasteiger partial charge in [0.2, 0.25) is 15.9 Å². The number of halogens is 2. The summed E-state index contributed by atoms with van der Waals surface area (Å²) in [6.07, 6.45) is 0. The Kier molecular flexibility index (Phi) is 7.03. The zero-order valence-corrected chi connectivity index (χ0v) is 19.2. The molecule has 0 saturated heterocycles. The molecule has 0 saturated carbocycles. The summed E-state index contributed by atoms with van der Waals surface area (Å²) in [4.78, 5) is 23.1. The minimum atomic E-state index is -4.51. The van der Waals surface area contributed by atoms with Crippen molar-refractivity contribution in [2.24, 2.45) is 0 Å². The molecule has 0 aliphatic carbocycles. The van der Waals surface area contributed by atoms with Crippen LogP contribution in [0.5, 0.6) is 0 Å². The third-order valence-corrected chi connectivity index (χ3v) is 7.00. The minimum Gasteiger partial charge on any atom is -0.391 e. The van der Waals surface area contributed by atoms with E-state index in [4.69, 9.17) is 21.2 Å². The number of carbonyl (C=O) groups excluding carboxylic acids is 1. The molecular formula is C20H20ClFN4O6S. The number of sulfonamides is 1. The Hall–Kier alpha value is -3.06. The van der Waals surface area contributed by atoms with Crippen LogP contribution in [0.15, 0.2) is 44.4 Å². The van der Waals surface area contributed by atoms with Crippen molar-refractivity contribution in [3.63, 3.8) is 0 Å². The summed E-state index contributed by atoms with van der Waals surface area (Å²) >= 11 is 5.87. The van der Waals surface area contributed by atoms with Gasteiger partial charge in [-0.25, -0.2) is 28.2 Å². The number of aryl methyl sites for hydroxylation is 1. The van der Waals surface area contributed by atoms with Crippen LogP contribution in [0.2, 0.25) is 5.02 Å². The molecular weight excluding hydrogens is 479 g/mol. The molecule has 0 fully saturated rings. The van der Waals surface area contributed by atoms with E-state index < -0.39 is 49.9 Å². The van der Waals surface area contributed by atoms with Crippen LogP contribution in [0.25, 0.3) is 0 Å². The topological polar surface area (TPSA) is 154 Å². The molecule has 176 valence electrons. The van der Waals surface area contributed by atoms with Gasteiger partial charge in [0.15, 0.2) is 0 Å². The average molecular weight is 499 g/mol. The first-order valence-corrected chi connectivity index (χ1v) is 11.4. The number of amides is 1. The van der Waals surface area contributed by atoms with Gasteiger partial charge < -0.3 is 4.42 Å². The number of nitrogens with zero attached hydrogens (tertiary/aromatic N) is 1. The fraction of sp³-hybridized carbons (Fsp3) is 0.250. The van der Waals surface area contributed by atoms with Gasteiger partial charge in [-0.15, -0.1) is 5.10 Å². The first-order chi connectivity index (χ1) is 15.5. The van der Waals surface area contributed by atoms with Crippen LogP contribution in [-0.4, -0.2) is 29.7 Å². The highest BCUT2D eigenvalue weighted by atomic mass is 35.5. The molecule has 1 amide bonds. The Labute approximate surface area is 192 Å². The summed E-state index contributed by atoms with van der Waals surface area (Å²) in [5, 5.41) is 14.8. The average Bonchev–Trinajstić information content (AvgIpc) is 3.20. The number of benzene rings is 2. The maximum Gasteiger partial charge on any atom is 0.434 e. The van der Waals surface area contributed by atoms with Crippen molar-refractivity contribution in [1.82, 2.24) is 20.4 Å². The predicted molar refractivity (Wildman–Crippen MR) is 115 cm³/mol. The molecule has 1 aromatic heterocycles. The van der Waals surface area contributed by atoms with Crippen LogP contribution in [0.3, 0.4) is 0 Å². The summed E-state index contributed by atoms with van der Waals surface area (Å²) < 4.78 is 48.7. The van der Waals surface area contributed by atoms with E-state index in [-0.39, 0.29) is 16.5 Å². The van der Waals surface area contributed by atoms with Crippen molar-refractivity contribution < 1.29 is 27.2 Å². The molecule has 2 atom stereocenters. The van der Waals surface area contributed by atoms with Gasteiger partial charge in [0, 0.05) is 10.9 Å². The molecule has 0 spiro atoms. The molecule has 33 heavy (non-hydrogen) atoms. The molecule has 0 bridgehead atoms. The van der Waals surface area contributed by atoms with Gasteiger partial charge in [0.1, 0.15) is 11.9 Å². The molecule has 3 aromatic rings. The Bertz CT molecular complexity index is 1370. The van der Waals surface area contributed by atoms with Gasteiger partial charge >= 0.3 is 5.76 Å². The molecule has 0 unspecified atom stereocenters. The van der Waals surface area contributed by atoms with Gasteiger partial charge in [0.25, 0.3) is 5.91 Å². The second kappa shape index (κ2) is 9.43. The molecule has 1 heterocycles. The Balaban J connectivity index is 2.14. The number of H-pyrrole nitrogens is 1. The molecule has 10 nitrogen and oxygen atoms in total. The van der Waals surface area contributed by atoms with E-state index in [0.29, 0.717) is 5.56 Å². The second-order valence-electron chi connectivity index (χ2n) is 7.32. The Morgan fingerprint density at radius 2 is 1.97 bits per heavy atom. The van der Waals surface area contributed by atoms with E-state index in [1.54, 1.807) is 19.9 Å². The maximum absolute atomic E-state index is 14.8. The number of rotatable bonds is 7. The van der Waals surface area contributed by atoms with Crippen LogP contribution in [-0.2, 0) is 10.0 Å². The van der Waals surface area contributed by atoms with E-state index in [2.05, 4.69) is 14.9 Å². The summed E-state index contributed by atoms with van der Waals surface area (Å²) in [5.74, 6) is -3.87. The lowest BCUT2D eigenvalue weighted by molar-refractivity contribution is 0.0702. The van der Waals surface area contributed by atoms with Crippen LogP contribution in [0.4, 0.5) is 4.39 Å². The quantitative estimate of drug-likeness (QED) is 0.288. The van der Waals surface area contributed by atoms with E-state index in [1.165, 1.54) is 24.5 Å². The highest BCUT2D eigenvalue weighted by Gasteiger charge is 2.34. The number of nitrogens with one attached hydrogen (secondary N) is 3. The lowest BCUT2D eigenvalue weighted by Crippen LogP contribution is -2.34. The Morgan fingerprint density at radius 3 is 2.58 bits per heavy atom. The van der Waals surface area contributed by atoms with E-state index in [9.17, 15) is 22.4 Å². The van der Waals surface area contributed by atoms with Gasteiger partial charge in [-0.1, -0.05) is 24.6 Å². The lowest BCUT2D eigenvalue weighted by Gasteiger charge is -2.25. The number of aromatic amines is 1. The SMILES string of the molecule is Cc1ccc(F)c([C@@H](C)[C@H](NS(=O)(=O)c2ccc(Cl)cc2C(=O)NO)c2n[nH]c(=O)o2)c1C. The fourth-order valence-corrected chi connectivity index (χ4v) is 5.10. The number of hydroxylamine groups is 1. The van der Waals surface area contributed by atoms with Crippen LogP contribution < -0.4 is 16.0 Å². The van der Waals surface area contributed by atoms with Crippen molar-refractivity contribution in [3.8, 4) is 0 Å². The smallest absolute Gasteiger partial charge is 0.391 e. The summed E-state index contributed by atoms with van der Waals surface area (Å²) in [7, 11) is -4.51. The van der Waals surface area contributed by atoms with Gasteiger partial charge in [-0.3, -0.25) is 10.0 Å². The number of hydrogen-bond donors (Lipinski definition) is 4. The van der Waals surface area contributed by atoms with Crippen molar-refractivity contribution in [1.29, 1.82) is 0 Å². The van der Waals surface area contributed by atoms with Gasteiger partial charge in [-0.2, -0.15) is 4.72 Å². The third-order valence-electron chi connectivity index (χ3n) is 5.27. The third kappa shape index (κ3) is 4.98.